The third kappa shape index (κ3) is 5.82. The maximum Gasteiger partial charge on any atom is 0.303 e. The van der Waals surface area contributed by atoms with Gasteiger partial charge in [0, 0.05) is 18.5 Å². The molecule has 0 spiro atoms. The van der Waals surface area contributed by atoms with Crippen molar-refractivity contribution < 1.29 is 23.1 Å². The van der Waals surface area contributed by atoms with Gasteiger partial charge in [-0.3, -0.25) is 14.3 Å². The predicted molar refractivity (Wildman–Crippen MR) is 102 cm³/mol. The van der Waals surface area contributed by atoms with E-state index in [1.165, 1.54) is 24.3 Å². The first-order chi connectivity index (χ1) is 12.7. The predicted octanol–water partition coefficient (Wildman–Crippen LogP) is 2.64. The second-order valence-electron chi connectivity index (χ2n) is 6.36. The minimum Gasteiger partial charge on any atom is -0.481 e. The van der Waals surface area contributed by atoms with E-state index < -0.39 is 16.0 Å². The monoisotopic (exact) mass is 390 g/mol. The van der Waals surface area contributed by atoms with Crippen LogP contribution in [-0.4, -0.2) is 31.9 Å². The number of aliphatic carboxylic acids is 1. The fourth-order valence-electron chi connectivity index (χ4n) is 2.42. The number of amides is 1. The molecule has 27 heavy (non-hydrogen) atoms. The van der Waals surface area contributed by atoms with E-state index in [2.05, 4.69) is 10.0 Å². The molecule has 0 aliphatic rings. The van der Waals surface area contributed by atoms with Gasteiger partial charge in [-0.1, -0.05) is 25.1 Å². The molecule has 0 saturated heterocycles. The van der Waals surface area contributed by atoms with Crippen LogP contribution in [0.1, 0.15) is 29.3 Å². The summed E-state index contributed by atoms with van der Waals surface area (Å²) in [4.78, 5) is 22.8. The molecule has 1 unspecified atom stereocenters. The molecule has 144 valence electrons. The van der Waals surface area contributed by atoms with Crippen LogP contribution in [0.3, 0.4) is 0 Å². The minimum absolute atomic E-state index is 0.0396. The summed E-state index contributed by atoms with van der Waals surface area (Å²) >= 11 is 0. The summed E-state index contributed by atoms with van der Waals surface area (Å²) in [6.07, 6.45) is -0.0396. The van der Waals surface area contributed by atoms with Crippen molar-refractivity contribution in [3.63, 3.8) is 0 Å². The van der Waals surface area contributed by atoms with Crippen molar-refractivity contribution >= 4 is 27.6 Å². The van der Waals surface area contributed by atoms with E-state index in [1.807, 2.05) is 6.07 Å². The Labute approximate surface area is 158 Å². The number of para-hydroxylation sites is 1. The maximum absolute atomic E-state index is 12.5. The van der Waals surface area contributed by atoms with Crippen molar-refractivity contribution in [1.29, 1.82) is 0 Å². The van der Waals surface area contributed by atoms with Crippen LogP contribution in [0.5, 0.6) is 0 Å². The van der Waals surface area contributed by atoms with E-state index >= 15 is 0 Å². The average Bonchev–Trinajstić information content (AvgIpc) is 2.61. The number of hydrogen-bond donors (Lipinski definition) is 3. The van der Waals surface area contributed by atoms with Gasteiger partial charge in [-0.25, -0.2) is 8.42 Å². The molecule has 0 aliphatic carbocycles. The fraction of sp³-hybridized carbons (Fsp3) is 0.263. The molecule has 1 atom stereocenters. The third-order valence-corrected chi connectivity index (χ3v) is 5.33. The topological polar surface area (TPSA) is 113 Å². The molecular weight excluding hydrogens is 368 g/mol. The van der Waals surface area contributed by atoms with Gasteiger partial charge in [0.15, 0.2) is 0 Å². The smallest absolute Gasteiger partial charge is 0.303 e. The zero-order chi connectivity index (χ0) is 20.0. The summed E-state index contributed by atoms with van der Waals surface area (Å²) in [5.41, 5.74) is 1.59. The van der Waals surface area contributed by atoms with Gasteiger partial charge >= 0.3 is 5.97 Å². The molecule has 2 aromatic rings. The lowest BCUT2D eigenvalue weighted by molar-refractivity contribution is -0.137. The van der Waals surface area contributed by atoms with Crippen molar-refractivity contribution in [2.45, 2.75) is 25.2 Å². The average molecular weight is 390 g/mol. The van der Waals surface area contributed by atoms with Gasteiger partial charge in [-0.05, 0) is 48.7 Å². The molecule has 8 heteroatoms. The van der Waals surface area contributed by atoms with Gasteiger partial charge < -0.3 is 10.4 Å². The number of carboxylic acids is 1. The molecule has 0 fully saturated rings. The second-order valence-corrected chi connectivity index (χ2v) is 8.04. The highest BCUT2D eigenvalue weighted by atomic mass is 32.2. The highest BCUT2D eigenvalue weighted by molar-refractivity contribution is 7.92. The molecule has 0 aliphatic heterocycles. The number of hydrogen-bond acceptors (Lipinski definition) is 4. The Bertz CT molecular complexity index is 923. The van der Waals surface area contributed by atoms with Crippen LogP contribution in [0, 0.1) is 12.8 Å². The quantitative estimate of drug-likeness (QED) is 0.641. The van der Waals surface area contributed by atoms with Gasteiger partial charge in [-0.2, -0.15) is 0 Å². The molecular formula is C19H22N2O5S. The number of carbonyl (C=O) groups is 2. The lowest BCUT2D eigenvalue weighted by atomic mass is 10.1. The largest absolute Gasteiger partial charge is 0.481 e. The third-order valence-electron chi connectivity index (χ3n) is 3.95. The van der Waals surface area contributed by atoms with E-state index in [1.54, 1.807) is 32.0 Å². The van der Waals surface area contributed by atoms with Crippen LogP contribution in [0.15, 0.2) is 53.4 Å². The molecule has 0 bridgehead atoms. The van der Waals surface area contributed by atoms with Gasteiger partial charge in [0.05, 0.1) is 10.6 Å². The molecule has 7 nitrogen and oxygen atoms in total. The first-order valence-electron chi connectivity index (χ1n) is 8.37. The summed E-state index contributed by atoms with van der Waals surface area (Å²) in [6.45, 7) is 3.75. The SMILES string of the molecule is Cc1ccccc1NS(=O)(=O)c1ccc(C(=O)NCC(C)CC(=O)O)cc1. The number of aryl methyl sites for hydroxylation is 1. The second kappa shape index (κ2) is 8.68. The fourth-order valence-corrected chi connectivity index (χ4v) is 3.55. The van der Waals surface area contributed by atoms with E-state index in [0.29, 0.717) is 11.3 Å². The molecule has 0 saturated carbocycles. The van der Waals surface area contributed by atoms with Crippen LogP contribution < -0.4 is 10.0 Å². The van der Waals surface area contributed by atoms with Crippen molar-refractivity contribution in [1.82, 2.24) is 5.32 Å². The van der Waals surface area contributed by atoms with Crippen molar-refractivity contribution in [3.05, 3.63) is 59.7 Å². The van der Waals surface area contributed by atoms with Crippen LogP contribution >= 0.6 is 0 Å². The first-order valence-corrected chi connectivity index (χ1v) is 9.86. The normalized spacial score (nSPS) is 12.2. The molecule has 0 aromatic heterocycles. The molecule has 3 N–H and O–H groups in total. The molecule has 0 heterocycles. The van der Waals surface area contributed by atoms with Gasteiger partial charge in [-0.15, -0.1) is 0 Å². The Morgan fingerprint density at radius 1 is 1.07 bits per heavy atom. The van der Waals surface area contributed by atoms with Crippen molar-refractivity contribution in [2.24, 2.45) is 5.92 Å². The molecule has 2 aromatic carbocycles. The van der Waals surface area contributed by atoms with E-state index in [-0.39, 0.29) is 29.7 Å². The van der Waals surface area contributed by atoms with Crippen LogP contribution in [0.25, 0.3) is 0 Å². The first kappa shape index (κ1) is 20.4. The highest BCUT2D eigenvalue weighted by Crippen LogP contribution is 2.19. The maximum atomic E-state index is 12.5. The van der Waals surface area contributed by atoms with Crippen LogP contribution in [-0.2, 0) is 14.8 Å². The molecule has 2 rings (SSSR count). The standard InChI is InChI=1S/C19H22N2O5S/c1-13(11-18(22)23)12-20-19(24)15-7-9-16(10-8-15)27(25,26)21-17-6-4-3-5-14(17)2/h3-10,13,21H,11-12H2,1-2H3,(H,20,24)(H,22,23). The van der Waals surface area contributed by atoms with Gasteiger partial charge in [0.2, 0.25) is 0 Å². The van der Waals surface area contributed by atoms with E-state index in [4.69, 9.17) is 5.11 Å². The Balaban J connectivity index is 2.04. The van der Waals surface area contributed by atoms with Crippen molar-refractivity contribution in [2.75, 3.05) is 11.3 Å². The van der Waals surface area contributed by atoms with Crippen LogP contribution in [0.2, 0.25) is 0 Å². The number of anilines is 1. The number of carbonyl (C=O) groups excluding carboxylic acids is 1. The Morgan fingerprint density at radius 2 is 1.70 bits per heavy atom. The van der Waals surface area contributed by atoms with Gasteiger partial charge in [0.1, 0.15) is 0 Å². The Morgan fingerprint density at radius 3 is 2.30 bits per heavy atom. The summed E-state index contributed by atoms with van der Waals surface area (Å²) in [5, 5.41) is 11.4. The van der Waals surface area contributed by atoms with Crippen molar-refractivity contribution in [3.8, 4) is 0 Å². The highest BCUT2D eigenvalue weighted by Gasteiger charge is 2.16. The zero-order valence-corrected chi connectivity index (χ0v) is 15.9. The van der Waals surface area contributed by atoms with Gasteiger partial charge in [0.25, 0.3) is 15.9 Å². The molecule has 0 radical (unpaired) electrons. The van der Waals surface area contributed by atoms with E-state index in [0.717, 1.165) is 5.56 Å². The summed E-state index contributed by atoms with van der Waals surface area (Å²) < 4.78 is 27.5. The zero-order valence-electron chi connectivity index (χ0n) is 15.1. The summed E-state index contributed by atoms with van der Waals surface area (Å²) in [6, 6.07) is 12.6. The summed E-state index contributed by atoms with van der Waals surface area (Å²) in [7, 11) is -3.76. The number of rotatable bonds is 8. The molecule has 1 amide bonds. The number of sulfonamides is 1. The lowest BCUT2D eigenvalue weighted by Crippen LogP contribution is -2.29. The Hall–Kier alpha value is -2.87. The minimum atomic E-state index is -3.76. The number of benzene rings is 2. The van der Waals surface area contributed by atoms with E-state index in [9.17, 15) is 18.0 Å². The lowest BCUT2D eigenvalue weighted by Gasteiger charge is -2.12. The number of nitrogens with one attached hydrogen (secondary N) is 2. The number of carboxylic acid groups (broad SMARTS) is 1. The Kier molecular flexibility index (Phi) is 6.57. The van der Waals surface area contributed by atoms with Crippen LogP contribution in [0.4, 0.5) is 5.69 Å². The summed E-state index contributed by atoms with van der Waals surface area (Å²) in [5.74, 6) is -1.51.